The topological polar surface area (TPSA) is 107 Å². The van der Waals surface area contributed by atoms with Crippen molar-refractivity contribution in [3.63, 3.8) is 0 Å². The molecule has 3 N–H and O–H groups in total. The summed E-state index contributed by atoms with van der Waals surface area (Å²) < 4.78 is 27.9. The van der Waals surface area contributed by atoms with Crippen LogP contribution in [-0.2, 0) is 14.8 Å². The largest absolute Gasteiger partial charge is 0.492 e. The highest BCUT2D eigenvalue weighted by atomic mass is 35.5. The number of carboxylic acid groups (broad SMARTS) is 1. The maximum absolute atomic E-state index is 11.3. The Morgan fingerprint density at radius 2 is 1.86 bits per heavy atom. The fourth-order valence-electron chi connectivity index (χ4n) is 1.58. The Kier molecular flexibility index (Phi) is 6.73. The molecule has 21 heavy (non-hydrogen) atoms. The normalized spacial score (nSPS) is 11.4. The van der Waals surface area contributed by atoms with Crippen molar-refractivity contribution in [2.45, 2.75) is 30.6 Å². The van der Waals surface area contributed by atoms with Crippen molar-refractivity contribution < 1.29 is 23.1 Å². The molecule has 0 amide bonds. The lowest BCUT2D eigenvalue weighted by Crippen LogP contribution is -2.13. The zero-order valence-corrected chi connectivity index (χ0v) is 13.3. The first-order chi connectivity index (χ1) is 9.73. The van der Waals surface area contributed by atoms with Gasteiger partial charge in [0.25, 0.3) is 0 Å². The van der Waals surface area contributed by atoms with Crippen molar-refractivity contribution in [2.24, 2.45) is 5.14 Å². The number of benzene rings is 1. The standard InChI is InChI=1S/C12H15Cl2NO5S/c13-11-8(20-7-3-1-2-4-10(16)17)5-6-9(12(11)14)21(15,18)19/h5-6H,1-4,7H2,(H,16,17)(H2,15,18,19). The predicted octanol–water partition coefficient (Wildman–Crippen LogP) is 2.66. The van der Waals surface area contributed by atoms with Crippen LogP contribution in [-0.4, -0.2) is 26.1 Å². The minimum Gasteiger partial charge on any atom is -0.492 e. The Balaban J connectivity index is 2.58. The number of primary sulfonamides is 1. The molecule has 0 heterocycles. The Morgan fingerprint density at radius 1 is 1.19 bits per heavy atom. The first-order valence-corrected chi connectivity index (χ1v) is 8.39. The average Bonchev–Trinajstić information content (AvgIpc) is 2.36. The zero-order valence-electron chi connectivity index (χ0n) is 11.0. The van der Waals surface area contributed by atoms with E-state index in [9.17, 15) is 13.2 Å². The van der Waals surface area contributed by atoms with Crippen LogP contribution in [0.2, 0.25) is 10.0 Å². The summed E-state index contributed by atoms with van der Waals surface area (Å²) in [6.45, 7) is 0.324. The molecule has 0 spiro atoms. The molecule has 0 bridgehead atoms. The van der Waals surface area contributed by atoms with Gasteiger partial charge >= 0.3 is 5.97 Å². The molecular formula is C12H15Cl2NO5S. The highest BCUT2D eigenvalue weighted by Crippen LogP contribution is 2.36. The first-order valence-electron chi connectivity index (χ1n) is 6.09. The minimum atomic E-state index is -3.94. The SMILES string of the molecule is NS(=O)(=O)c1ccc(OCCCCCC(=O)O)c(Cl)c1Cl. The number of hydrogen-bond acceptors (Lipinski definition) is 4. The van der Waals surface area contributed by atoms with Crippen LogP contribution in [0.5, 0.6) is 5.75 Å². The molecule has 0 aromatic heterocycles. The predicted molar refractivity (Wildman–Crippen MR) is 79.4 cm³/mol. The van der Waals surface area contributed by atoms with Crippen LogP contribution < -0.4 is 9.88 Å². The van der Waals surface area contributed by atoms with E-state index in [0.717, 1.165) is 0 Å². The number of nitrogens with two attached hydrogens (primary N) is 1. The Morgan fingerprint density at radius 3 is 2.43 bits per heavy atom. The highest BCUT2D eigenvalue weighted by Gasteiger charge is 2.18. The maximum atomic E-state index is 11.3. The summed E-state index contributed by atoms with van der Waals surface area (Å²) in [7, 11) is -3.94. The molecule has 1 aromatic rings. The van der Waals surface area contributed by atoms with Crippen LogP contribution >= 0.6 is 23.2 Å². The fraction of sp³-hybridized carbons (Fsp3) is 0.417. The van der Waals surface area contributed by atoms with E-state index in [2.05, 4.69) is 0 Å². The zero-order chi connectivity index (χ0) is 16.0. The maximum Gasteiger partial charge on any atom is 0.303 e. The van der Waals surface area contributed by atoms with Crippen molar-refractivity contribution >= 4 is 39.2 Å². The van der Waals surface area contributed by atoms with Crippen molar-refractivity contribution in [1.29, 1.82) is 0 Å². The second kappa shape index (κ2) is 7.84. The van der Waals surface area contributed by atoms with Crippen LogP contribution in [0.25, 0.3) is 0 Å². The summed E-state index contributed by atoms with van der Waals surface area (Å²) in [6.07, 6.45) is 2.04. The van der Waals surface area contributed by atoms with Gasteiger partial charge in [0, 0.05) is 6.42 Å². The summed E-state index contributed by atoms with van der Waals surface area (Å²) in [5, 5.41) is 13.3. The van der Waals surface area contributed by atoms with E-state index < -0.39 is 16.0 Å². The van der Waals surface area contributed by atoms with Gasteiger partial charge < -0.3 is 9.84 Å². The Labute approximate surface area is 132 Å². The summed E-state index contributed by atoms with van der Waals surface area (Å²) in [5.74, 6) is -0.573. The highest BCUT2D eigenvalue weighted by molar-refractivity contribution is 7.89. The number of carbonyl (C=O) groups is 1. The van der Waals surface area contributed by atoms with E-state index in [-0.39, 0.29) is 27.1 Å². The van der Waals surface area contributed by atoms with E-state index in [4.69, 9.17) is 38.2 Å². The molecule has 1 aromatic carbocycles. The molecule has 0 aliphatic rings. The molecular weight excluding hydrogens is 341 g/mol. The van der Waals surface area contributed by atoms with E-state index in [0.29, 0.717) is 25.9 Å². The second-order valence-electron chi connectivity index (χ2n) is 4.29. The molecule has 0 saturated carbocycles. The van der Waals surface area contributed by atoms with Crippen molar-refractivity contribution in [1.82, 2.24) is 0 Å². The molecule has 0 aliphatic carbocycles. The third kappa shape index (κ3) is 5.70. The molecule has 0 saturated heterocycles. The van der Waals surface area contributed by atoms with Crippen LogP contribution in [0.15, 0.2) is 17.0 Å². The van der Waals surface area contributed by atoms with Gasteiger partial charge in [-0.15, -0.1) is 0 Å². The third-order valence-electron chi connectivity index (χ3n) is 2.61. The summed E-state index contributed by atoms with van der Waals surface area (Å²) in [4.78, 5) is 10.1. The first kappa shape index (κ1) is 18.0. The number of unbranched alkanes of at least 4 members (excludes halogenated alkanes) is 2. The summed E-state index contributed by atoms with van der Waals surface area (Å²) >= 11 is 11.8. The van der Waals surface area contributed by atoms with Gasteiger partial charge in [0.15, 0.2) is 0 Å². The van der Waals surface area contributed by atoms with Crippen LogP contribution in [0.1, 0.15) is 25.7 Å². The molecule has 1 rings (SSSR count). The number of carboxylic acids is 1. The van der Waals surface area contributed by atoms with E-state index >= 15 is 0 Å². The third-order valence-corrected chi connectivity index (χ3v) is 4.54. The second-order valence-corrected chi connectivity index (χ2v) is 6.57. The molecule has 9 heteroatoms. The van der Waals surface area contributed by atoms with Crippen LogP contribution in [0.3, 0.4) is 0 Å². The van der Waals surface area contributed by atoms with Gasteiger partial charge in [0.1, 0.15) is 15.7 Å². The molecule has 0 aliphatic heterocycles. The van der Waals surface area contributed by atoms with Gasteiger partial charge in [-0.3, -0.25) is 4.79 Å². The van der Waals surface area contributed by atoms with Crippen molar-refractivity contribution in [3.8, 4) is 5.75 Å². The number of rotatable bonds is 8. The van der Waals surface area contributed by atoms with Crippen LogP contribution in [0, 0.1) is 0 Å². The number of halogens is 2. The fourth-order valence-corrected chi connectivity index (χ4v) is 2.95. The van der Waals surface area contributed by atoms with Crippen molar-refractivity contribution in [3.05, 3.63) is 22.2 Å². The van der Waals surface area contributed by atoms with E-state index in [1.165, 1.54) is 12.1 Å². The molecule has 118 valence electrons. The Bertz CT molecular complexity index is 618. The van der Waals surface area contributed by atoms with Gasteiger partial charge in [0.05, 0.1) is 11.6 Å². The average molecular weight is 356 g/mol. The molecule has 0 atom stereocenters. The minimum absolute atomic E-state index is 0.0197. The molecule has 0 radical (unpaired) electrons. The number of aliphatic carboxylic acids is 1. The molecule has 0 unspecified atom stereocenters. The lowest BCUT2D eigenvalue weighted by atomic mass is 10.2. The number of ether oxygens (including phenoxy) is 1. The van der Waals surface area contributed by atoms with Crippen LogP contribution in [0.4, 0.5) is 0 Å². The lowest BCUT2D eigenvalue weighted by Gasteiger charge is -2.11. The smallest absolute Gasteiger partial charge is 0.303 e. The number of hydrogen-bond donors (Lipinski definition) is 2. The quantitative estimate of drug-likeness (QED) is 0.697. The molecule has 6 nitrogen and oxygen atoms in total. The number of sulfonamides is 1. The summed E-state index contributed by atoms with van der Waals surface area (Å²) in [5.41, 5.74) is 0. The van der Waals surface area contributed by atoms with Gasteiger partial charge in [-0.05, 0) is 31.4 Å². The van der Waals surface area contributed by atoms with E-state index in [1.54, 1.807) is 0 Å². The van der Waals surface area contributed by atoms with Gasteiger partial charge in [-0.1, -0.05) is 23.2 Å². The summed E-state index contributed by atoms with van der Waals surface area (Å²) in [6, 6.07) is 2.61. The van der Waals surface area contributed by atoms with Crippen molar-refractivity contribution in [2.75, 3.05) is 6.61 Å². The molecule has 0 fully saturated rings. The lowest BCUT2D eigenvalue weighted by molar-refractivity contribution is -0.137. The van der Waals surface area contributed by atoms with Gasteiger partial charge in [-0.2, -0.15) is 0 Å². The van der Waals surface area contributed by atoms with Gasteiger partial charge in [-0.25, -0.2) is 13.6 Å². The van der Waals surface area contributed by atoms with E-state index in [1.807, 2.05) is 0 Å². The van der Waals surface area contributed by atoms with Gasteiger partial charge in [0.2, 0.25) is 10.0 Å². The Hall–Kier alpha value is -1.02. The monoisotopic (exact) mass is 355 g/mol.